The molecule has 42 heavy (non-hydrogen) atoms. The Morgan fingerprint density at radius 1 is 1.02 bits per heavy atom. The molecule has 1 fully saturated rings. The number of ketones is 1. The van der Waals surface area contributed by atoms with Crippen molar-refractivity contribution in [1.82, 2.24) is 9.80 Å². The highest BCUT2D eigenvalue weighted by atomic mass is 19.1. The van der Waals surface area contributed by atoms with Crippen LogP contribution in [0.4, 0.5) is 8.78 Å². The van der Waals surface area contributed by atoms with E-state index in [2.05, 4.69) is 0 Å². The average Bonchev–Trinajstić information content (AvgIpc) is 2.95. The Labute approximate surface area is 247 Å². The van der Waals surface area contributed by atoms with Crippen molar-refractivity contribution < 1.29 is 33.0 Å². The number of methoxy groups -OCH3 is 1. The van der Waals surface area contributed by atoms with Gasteiger partial charge in [-0.2, -0.15) is 0 Å². The lowest BCUT2D eigenvalue weighted by Crippen LogP contribution is -2.47. The van der Waals surface area contributed by atoms with Gasteiger partial charge >= 0.3 is 0 Å². The zero-order valence-corrected chi connectivity index (χ0v) is 25.2. The van der Waals surface area contributed by atoms with Crippen molar-refractivity contribution in [2.75, 3.05) is 39.9 Å². The number of hydrogen-bond acceptors (Lipinski definition) is 5. The van der Waals surface area contributed by atoms with Gasteiger partial charge in [0.05, 0.1) is 6.10 Å². The van der Waals surface area contributed by atoms with Crippen molar-refractivity contribution in [3.8, 4) is 0 Å². The number of aliphatic hydroxyl groups is 1. The number of likely N-dealkylation sites (tertiary alicyclic amines) is 1. The minimum Gasteiger partial charge on any atom is -0.392 e. The molecule has 1 heterocycles. The van der Waals surface area contributed by atoms with Gasteiger partial charge in [-0.3, -0.25) is 14.4 Å². The van der Waals surface area contributed by atoms with E-state index in [4.69, 9.17) is 4.74 Å². The maximum atomic E-state index is 14.1. The summed E-state index contributed by atoms with van der Waals surface area (Å²) in [5.41, 5.74) is 1.89. The molecule has 0 bridgehead atoms. The molecule has 1 N–H and O–H groups in total. The zero-order valence-electron chi connectivity index (χ0n) is 25.2. The summed E-state index contributed by atoms with van der Waals surface area (Å²) >= 11 is 0. The molecule has 0 aliphatic carbocycles. The number of Topliss-reactive ketones (excluding diaryl/α,β-unsaturated/α-hetero) is 1. The predicted octanol–water partition coefficient (Wildman–Crippen LogP) is 5.21. The molecule has 1 saturated heterocycles. The number of hydrogen-bond donors (Lipinski definition) is 1. The minimum atomic E-state index is -1.01. The van der Waals surface area contributed by atoms with Gasteiger partial charge in [-0.1, -0.05) is 13.8 Å². The highest BCUT2D eigenvalue weighted by Gasteiger charge is 2.34. The van der Waals surface area contributed by atoms with Crippen LogP contribution in [0.1, 0.15) is 77.8 Å². The van der Waals surface area contributed by atoms with E-state index in [0.717, 1.165) is 24.5 Å². The average molecular weight is 587 g/mol. The molecule has 3 atom stereocenters. The van der Waals surface area contributed by atoms with Crippen molar-refractivity contribution in [2.24, 2.45) is 11.8 Å². The summed E-state index contributed by atoms with van der Waals surface area (Å²) in [6.07, 6.45) is 1.94. The highest BCUT2D eigenvalue weighted by molar-refractivity contribution is 6.01. The van der Waals surface area contributed by atoms with Crippen LogP contribution in [-0.2, 0) is 16.0 Å². The fourth-order valence-corrected chi connectivity index (χ4v) is 5.92. The van der Waals surface area contributed by atoms with Crippen LogP contribution in [0, 0.1) is 30.4 Å². The van der Waals surface area contributed by atoms with E-state index < -0.39 is 23.7 Å². The lowest BCUT2D eigenvalue weighted by Gasteiger charge is -2.37. The first-order chi connectivity index (χ1) is 20.1. The second kappa shape index (κ2) is 15.9. The van der Waals surface area contributed by atoms with E-state index in [1.165, 1.54) is 19.2 Å². The molecule has 0 spiro atoms. The van der Waals surface area contributed by atoms with Crippen LogP contribution < -0.4 is 0 Å². The van der Waals surface area contributed by atoms with E-state index in [9.17, 15) is 28.3 Å². The molecular weight excluding hydrogens is 542 g/mol. The SMILES string of the molecule is CCCN(CCC)C(=O)c1cc(C)cc(C(=O)C[C@@H](Cc2cc(F)cc(F)c2)[C@H](O)[C@@H]2CCCN(C(=O)COC)C2)c1. The maximum absolute atomic E-state index is 14.1. The molecule has 0 saturated carbocycles. The van der Waals surface area contributed by atoms with Gasteiger partial charge in [0.1, 0.15) is 18.2 Å². The van der Waals surface area contributed by atoms with Gasteiger partial charge in [0.25, 0.3) is 5.91 Å². The van der Waals surface area contributed by atoms with Crippen molar-refractivity contribution in [1.29, 1.82) is 0 Å². The van der Waals surface area contributed by atoms with E-state index >= 15 is 0 Å². The summed E-state index contributed by atoms with van der Waals surface area (Å²) in [6, 6.07) is 8.30. The third-order valence-corrected chi connectivity index (χ3v) is 7.83. The molecule has 2 amide bonds. The standard InChI is InChI=1S/C33H44F2N2O5/c1-5-9-36(10-6-2)33(41)27-13-22(3)12-25(17-27)30(38)18-26(14-23-15-28(34)19-29(35)16-23)32(40)24-8-7-11-37(20-24)31(39)21-42-4/h12-13,15-17,19,24,26,32,40H,5-11,14,18,20-21H2,1-4H3/t24-,26-,32-/m1/s1. The van der Waals surface area contributed by atoms with E-state index in [1.54, 1.807) is 28.0 Å². The van der Waals surface area contributed by atoms with Crippen molar-refractivity contribution in [2.45, 2.75) is 65.4 Å². The molecular formula is C33H44F2N2O5. The Kier molecular flexibility index (Phi) is 12.6. The van der Waals surface area contributed by atoms with E-state index in [0.29, 0.717) is 55.7 Å². The lowest BCUT2D eigenvalue weighted by atomic mass is 9.79. The zero-order chi connectivity index (χ0) is 30.8. The number of nitrogens with zero attached hydrogens (tertiary/aromatic N) is 2. The Morgan fingerprint density at radius 2 is 1.67 bits per heavy atom. The van der Waals surface area contributed by atoms with Gasteiger partial charge in [0.15, 0.2) is 5.78 Å². The summed E-state index contributed by atoms with van der Waals surface area (Å²) < 4.78 is 33.1. The van der Waals surface area contributed by atoms with Crippen molar-refractivity contribution in [3.05, 3.63) is 70.3 Å². The Hall–Kier alpha value is -3.17. The molecule has 0 aromatic heterocycles. The third-order valence-electron chi connectivity index (χ3n) is 7.83. The normalized spacial score (nSPS) is 16.6. The molecule has 230 valence electrons. The lowest BCUT2D eigenvalue weighted by molar-refractivity contribution is -0.138. The van der Waals surface area contributed by atoms with Gasteiger partial charge in [-0.25, -0.2) is 8.78 Å². The predicted molar refractivity (Wildman–Crippen MR) is 157 cm³/mol. The summed E-state index contributed by atoms with van der Waals surface area (Å²) in [5.74, 6) is -3.03. The molecule has 9 heteroatoms. The molecule has 2 aromatic carbocycles. The van der Waals surface area contributed by atoms with Crippen LogP contribution in [0.5, 0.6) is 0 Å². The number of amides is 2. The molecule has 0 unspecified atom stereocenters. The van der Waals surface area contributed by atoms with Crippen LogP contribution in [0.2, 0.25) is 0 Å². The number of halogens is 2. The second-order valence-electron chi connectivity index (χ2n) is 11.4. The van der Waals surface area contributed by atoms with Gasteiger partial charge in [0, 0.05) is 62.8 Å². The summed E-state index contributed by atoms with van der Waals surface area (Å²) in [5, 5.41) is 11.6. The van der Waals surface area contributed by atoms with Crippen LogP contribution in [-0.4, -0.2) is 78.5 Å². The molecule has 7 nitrogen and oxygen atoms in total. The highest BCUT2D eigenvalue weighted by Crippen LogP contribution is 2.30. The minimum absolute atomic E-state index is 0.0599. The maximum Gasteiger partial charge on any atom is 0.253 e. The molecule has 1 aliphatic rings. The van der Waals surface area contributed by atoms with Gasteiger partial charge < -0.3 is 19.6 Å². The van der Waals surface area contributed by atoms with Gasteiger partial charge in [-0.15, -0.1) is 0 Å². The fraction of sp³-hybridized carbons (Fsp3) is 0.545. The molecule has 1 aliphatic heterocycles. The fourth-order valence-electron chi connectivity index (χ4n) is 5.92. The molecule has 0 radical (unpaired) electrons. The number of benzene rings is 2. The molecule has 2 aromatic rings. The Morgan fingerprint density at radius 3 is 2.29 bits per heavy atom. The first-order valence-electron chi connectivity index (χ1n) is 14.9. The summed E-state index contributed by atoms with van der Waals surface area (Å²) in [7, 11) is 1.45. The van der Waals surface area contributed by atoms with Gasteiger partial charge in [0.2, 0.25) is 5.91 Å². The van der Waals surface area contributed by atoms with Crippen LogP contribution in [0.25, 0.3) is 0 Å². The molecule has 3 rings (SSSR count). The quantitative estimate of drug-likeness (QED) is 0.307. The number of piperidine rings is 1. The number of ether oxygens (including phenoxy) is 1. The monoisotopic (exact) mass is 586 g/mol. The summed E-state index contributed by atoms with van der Waals surface area (Å²) in [6.45, 7) is 7.88. The van der Waals surface area contributed by atoms with Crippen molar-refractivity contribution in [3.63, 3.8) is 0 Å². The van der Waals surface area contributed by atoms with E-state index in [-0.39, 0.29) is 43.0 Å². The van der Waals surface area contributed by atoms with Crippen LogP contribution in [0.15, 0.2) is 36.4 Å². The number of carbonyl (C=O) groups is 3. The Balaban J connectivity index is 1.89. The first kappa shape index (κ1) is 33.3. The van der Waals surface area contributed by atoms with E-state index in [1.807, 2.05) is 20.8 Å². The van der Waals surface area contributed by atoms with Gasteiger partial charge in [-0.05, 0) is 86.4 Å². The topological polar surface area (TPSA) is 87.2 Å². The number of carbonyl (C=O) groups excluding carboxylic acids is 3. The summed E-state index contributed by atoms with van der Waals surface area (Å²) in [4.78, 5) is 42.9. The Bertz CT molecular complexity index is 1210. The number of aliphatic hydroxyl groups excluding tert-OH is 1. The van der Waals surface area contributed by atoms with Crippen molar-refractivity contribution >= 4 is 17.6 Å². The second-order valence-corrected chi connectivity index (χ2v) is 11.4. The van der Waals surface area contributed by atoms with Crippen LogP contribution in [0.3, 0.4) is 0 Å². The smallest absolute Gasteiger partial charge is 0.253 e. The largest absolute Gasteiger partial charge is 0.392 e. The number of rotatable bonds is 14. The third kappa shape index (κ3) is 9.16. The first-order valence-corrected chi connectivity index (χ1v) is 14.9. The number of aryl methyl sites for hydroxylation is 1. The van der Waals surface area contributed by atoms with Crippen LogP contribution >= 0.6 is 0 Å².